The Hall–Kier alpha value is -2.57. The molecule has 0 aliphatic carbocycles. The van der Waals surface area contributed by atoms with Gasteiger partial charge < -0.3 is 16.6 Å². The lowest BCUT2D eigenvalue weighted by atomic mass is 10.2. The Morgan fingerprint density at radius 3 is 2.31 bits per heavy atom. The van der Waals surface area contributed by atoms with E-state index >= 15 is 0 Å². The van der Waals surface area contributed by atoms with Crippen molar-refractivity contribution in [2.24, 2.45) is 0 Å². The minimum atomic E-state index is -0.988. The first-order valence-corrected chi connectivity index (χ1v) is 4.39. The summed E-state index contributed by atoms with van der Waals surface area (Å²) in [5.41, 5.74) is 11.7. The number of benzene rings is 1. The molecule has 1 aromatic carbocycles. The van der Waals surface area contributed by atoms with E-state index in [9.17, 15) is 4.79 Å². The third kappa shape index (κ3) is 1.65. The first kappa shape index (κ1) is 9.97. The molecule has 82 valence electrons. The van der Waals surface area contributed by atoms with E-state index in [-0.39, 0.29) is 17.5 Å². The minimum Gasteiger partial charge on any atom is -0.478 e. The molecular formula is C9H9N5O2. The molecule has 7 nitrogen and oxygen atoms in total. The van der Waals surface area contributed by atoms with Crippen LogP contribution in [0.25, 0.3) is 5.69 Å². The number of nitrogens with two attached hydrogens (primary N) is 2. The average Bonchev–Trinajstić information content (AvgIpc) is 2.58. The van der Waals surface area contributed by atoms with Gasteiger partial charge >= 0.3 is 5.97 Å². The summed E-state index contributed by atoms with van der Waals surface area (Å²) in [5, 5.41) is 12.6. The monoisotopic (exact) mass is 219 g/mol. The van der Waals surface area contributed by atoms with Crippen LogP contribution in [-0.2, 0) is 0 Å². The molecule has 2 rings (SSSR count). The van der Waals surface area contributed by atoms with Crippen LogP contribution in [0, 0.1) is 0 Å². The smallest absolute Gasteiger partial charge is 0.335 e. The fraction of sp³-hybridized carbons (Fsp3) is 0. The normalized spacial score (nSPS) is 10.2. The van der Waals surface area contributed by atoms with Gasteiger partial charge in [-0.1, -0.05) is 0 Å². The van der Waals surface area contributed by atoms with Crippen LogP contribution in [0.3, 0.4) is 0 Å². The molecule has 0 radical (unpaired) electrons. The third-order valence-electron chi connectivity index (χ3n) is 2.01. The lowest BCUT2D eigenvalue weighted by Crippen LogP contribution is -2.03. The van der Waals surface area contributed by atoms with Gasteiger partial charge in [-0.2, -0.15) is 9.67 Å². The van der Waals surface area contributed by atoms with Crippen molar-refractivity contribution in [1.29, 1.82) is 0 Å². The Morgan fingerprint density at radius 1 is 1.25 bits per heavy atom. The summed E-state index contributed by atoms with van der Waals surface area (Å²) in [5.74, 6) is -0.766. The van der Waals surface area contributed by atoms with Gasteiger partial charge in [-0.15, -0.1) is 5.10 Å². The third-order valence-corrected chi connectivity index (χ3v) is 2.01. The molecule has 0 unspecified atom stereocenters. The maximum Gasteiger partial charge on any atom is 0.335 e. The Morgan fingerprint density at radius 2 is 1.88 bits per heavy atom. The molecule has 0 atom stereocenters. The highest BCUT2D eigenvalue weighted by atomic mass is 16.4. The van der Waals surface area contributed by atoms with Crippen molar-refractivity contribution in [3.63, 3.8) is 0 Å². The summed E-state index contributed by atoms with van der Waals surface area (Å²) in [6.45, 7) is 0. The topological polar surface area (TPSA) is 120 Å². The highest BCUT2D eigenvalue weighted by Crippen LogP contribution is 2.13. The summed E-state index contributed by atoms with van der Waals surface area (Å²) in [7, 11) is 0. The van der Waals surface area contributed by atoms with Gasteiger partial charge in [-0.25, -0.2) is 4.79 Å². The lowest BCUT2D eigenvalue weighted by molar-refractivity contribution is 0.0697. The standard InChI is InChI=1S/C9H9N5O2/c10-8-12-9(11)14(13-8)6-3-1-5(2-4-6)7(15)16/h1-4H,(H,15,16)(H4,10,11,12,13). The number of carboxylic acids is 1. The molecule has 0 bridgehead atoms. The fourth-order valence-corrected chi connectivity index (χ4v) is 1.28. The van der Waals surface area contributed by atoms with E-state index in [4.69, 9.17) is 16.6 Å². The molecule has 0 aliphatic rings. The average molecular weight is 219 g/mol. The number of carboxylic acid groups (broad SMARTS) is 1. The molecular weight excluding hydrogens is 210 g/mol. The Kier molecular flexibility index (Phi) is 2.20. The van der Waals surface area contributed by atoms with Crippen molar-refractivity contribution in [1.82, 2.24) is 14.8 Å². The SMILES string of the molecule is Nc1nc(N)n(-c2ccc(C(=O)O)cc2)n1. The van der Waals surface area contributed by atoms with Crippen molar-refractivity contribution < 1.29 is 9.90 Å². The molecule has 0 aliphatic heterocycles. The van der Waals surface area contributed by atoms with Crippen LogP contribution >= 0.6 is 0 Å². The van der Waals surface area contributed by atoms with Gasteiger partial charge in [0.1, 0.15) is 0 Å². The van der Waals surface area contributed by atoms with Gasteiger partial charge in [0.05, 0.1) is 11.3 Å². The molecule has 5 N–H and O–H groups in total. The number of aromatic nitrogens is 3. The molecule has 2 aromatic rings. The molecule has 1 heterocycles. The van der Waals surface area contributed by atoms with E-state index in [2.05, 4.69) is 10.1 Å². The second-order valence-electron chi connectivity index (χ2n) is 3.09. The number of carbonyl (C=O) groups is 1. The van der Waals surface area contributed by atoms with Crippen molar-refractivity contribution in [2.75, 3.05) is 11.5 Å². The predicted molar refractivity (Wildman–Crippen MR) is 57.1 cm³/mol. The minimum absolute atomic E-state index is 0.0693. The Labute approximate surface area is 90.3 Å². The van der Waals surface area contributed by atoms with E-state index in [1.54, 1.807) is 12.1 Å². The number of nitrogens with zero attached hydrogens (tertiary/aromatic N) is 3. The molecule has 0 saturated heterocycles. The second-order valence-corrected chi connectivity index (χ2v) is 3.09. The zero-order chi connectivity index (χ0) is 11.7. The summed E-state index contributed by atoms with van der Waals surface area (Å²) < 4.78 is 1.33. The first-order valence-electron chi connectivity index (χ1n) is 4.39. The van der Waals surface area contributed by atoms with Crippen molar-refractivity contribution in [3.8, 4) is 5.69 Å². The van der Waals surface area contributed by atoms with E-state index in [1.807, 2.05) is 0 Å². The van der Waals surface area contributed by atoms with Crippen LogP contribution in [0.5, 0.6) is 0 Å². The van der Waals surface area contributed by atoms with E-state index in [0.29, 0.717) is 5.69 Å². The summed E-state index contributed by atoms with van der Waals surface area (Å²) in [4.78, 5) is 14.4. The van der Waals surface area contributed by atoms with Crippen LogP contribution in [0.1, 0.15) is 10.4 Å². The highest BCUT2D eigenvalue weighted by Gasteiger charge is 2.07. The summed E-state index contributed by atoms with van der Waals surface area (Å²) in [6.07, 6.45) is 0. The van der Waals surface area contributed by atoms with E-state index in [1.165, 1.54) is 16.8 Å². The van der Waals surface area contributed by atoms with Crippen LogP contribution in [0.2, 0.25) is 0 Å². The van der Waals surface area contributed by atoms with Gasteiger partial charge in [0, 0.05) is 0 Å². The van der Waals surface area contributed by atoms with Crippen LogP contribution in [0.4, 0.5) is 11.9 Å². The number of hydrogen-bond donors (Lipinski definition) is 3. The summed E-state index contributed by atoms with van der Waals surface area (Å²) in [6, 6.07) is 6.06. The largest absolute Gasteiger partial charge is 0.478 e. The van der Waals surface area contributed by atoms with Crippen molar-refractivity contribution in [3.05, 3.63) is 29.8 Å². The molecule has 7 heteroatoms. The molecule has 16 heavy (non-hydrogen) atoms. The van der Waals surface area contributed by atoms with Gasteiger partial charge in [-0.3, -0.25) is 0 Å². The maximum atomic E-state index is 10.6. The molecule has 0 saturated carbocycles. The molecule has 1 aromatic heterocycles. The zero-order valence-electron chi connectivity index (χ0n) is 8.16. The van der Waals surface area contributed by atoms with Gasteiger partial charge in [0.15, 0.2) is 0 Å². The van der Waals surface area contributed by atoms with Crippen LogP contribution < -0.4 is 11.5 Å². The number of nitrogen functional groups attached to an aromatic ring is 2. The fourth-order valence-electron chi connectivity index (χ4n) is 1.28. The van der Waals surface area contributed by atoms with Gasteiger partial charge in [-0.05, 0) is 24.3 Å². The molecule has 0 amide bonds. The maximum absolute atomic E-state index is 10.6. The lowest BCUT2D eigenvalue weighted by Gasteiger charge is -2.02. The quantitative estimate of drug-likeness (QED) is 0.660. The Balaban J connectivity index is 2.42. The highest BCUT2D eigenvalue weighted by molar-refractivity contribution is 5.87. The first-order chi connectivity index (χ1) is 7.58. The number of rotatable bonds is 2. The number of hydrogen-bond acceptors (Lipinski definition) is 5. The summed E-state index contributed by atoms with van der Waals surface area (Å²) >= 11 is 0. The van der Waals surface area contributed by atoms with E-state index < -0.39 is 5.97 Å². The Bertz CT molecular complexity index is 531. The van der Waals surface area contributed by atoms with Crippen LogP contribution in [0.15, 0.2) is 24.3 Å². The van der Waals surface area contributed by atoms with Crippen molar-refractivity contribution in [2.45, 2.75) is 0 Å². The molecule has 0 spiro atoms. The zero-order valence-corrected chi connectivity index (χ0v) is 8.16. The number of aromatic carboxylic acids is 1. The second kappa shape index (κ2) is 3.54. The van der Waals surface area contributed by atoms with E-state index in [0.717, 1.165) is 0 Å². The van der Waals surface area contributed by atoms with Gasteiger partial charge in [0.25, 0.3) is 0 Å². The molecule has 0 fully saturated rings. The van der Waals surface area contributed by atoms with Crippen molar-refractivity contribution >= 4 is 17.9 Å². The van der Waals surface area contributed by atoms with Crippen LogP contribution in [-0.4, -0.2) is 25.8 Å². The number of anilines is 2. The predicted octanol–water partition coefficient (Wildman–Crippen LogP) is 0.130. The van der Waals surface area contributed by atoms with Gasteiger partial charge in [0.2, 0.25) is 11.9 Å².